The molecule has 99 heavy (non-hydrogen) atoms. The van der Waals surface area contributed by atoms with Crippen molar-refractivity contribution < 1.29 is 151 Å². The van der Waals surface area contributed by atoms with E-state index in [1.165, 1.54) is 20.8 Å². The Morgan fingerprint density at radius 3 is 1.17 bits per heavy atom. The van der Waals surface area contributed by atoms with E-state index in [9.17, 15) is 89.4 Å². The second-order valence-electron chi connectivity index (χ2n) is 25.4. The summed E-state index contributed by atoms with van der Waals surface area (Å²) in [5, 5.41) is 114. The van der Waals surface area contributed by atoms with Crippen molar-refractivity contribution in [3.63, 3.8) is 0 Å². The van der Waals surface area contributed by atoms with Crippen molar-refractivity contribution in [2.24, 2.45) is 5.41 Å². The molecule has 574 valence electrons. The summed E-state index contributed by atoms with van der Waals surface area (Å²) in [4.78, 5) is 101. The van der Waals surface area contributed by atoms with Crippen molar-refractivity contribution >= 4 is 46.9 Å². The third-order valence-corrected chi connectivity index (χ3v) is 15.5. The smallest absolute Gasteiger partial charge is 0.222 e. The van der Waals surface area contributed by atoms with Crippen molar-refractivity contribution in [2.45, 2.75) is 209 Å². The first kappa shape index (κ1) is 88.7. The van der Waals surface area contributed by atoms with Crippen molar-refractivity contribution in [3.8, 4) is 0 Å². The van der Waals surface area contributed by atoms with Gasteiger partial charge in [0.15, 0.2) is 18.9 Å². The SMILES string of the molecule is CC(=O)NC1[C@H](OCCOCCCC(=O)CCOCC(COCCC(=O)CCCOCCO[C@@H]2OC(CO)[C@H](O)[C@H](O)C2NC(C)=O)(COCCC(=O)NCCOCCO[C@@H]2OC(CO)[C@H](O)[C@H](O)C2NC(C)=O)CC(=O)CCC(=O)NCC(O)COC(C)(C)C)OC(CO)[C@H](O)[C@@H]1O. The average molecular weight is 1430 g/mol. The fourth-order valence-electron chi connectivity index (χ4n) is 10.3. The van der Waals surface area contributed by atoms with E-state index in [4.69, 9.17) is 61.6 Å². The van der Waals surface area contributed by atoms with Gasteiger partial charge in [-0.1, -0.05) is 0 Å². The van der Waals surface area contributed by atoms with Gasteiger partial charge in [0.1, 0.15) is 90.4 Å². The molecule has 0 aromatic carbocycles. The summed E-state index contributed by atoms with van der Waals surface area (Å²) in [6.45, 7) is 6.02. The van der Waals surface area contributed by atoms with E-state index in [0.29, 0.717) is 12.8 Å². The van der Waals surface area contributed by atoms with Crippen molar-refractivity contribution in [1.29, 1.82) is 0 Å². The van der Waals surface area contributed by atoms with Crippen LogP contribution in [0.1, 0.15) is 106 Å². The van der Waals surface area contributed by atoms with Crippen LogP contribution in [0.3, 0.4) is 0 Å². The maximum absolute atomic E-state index is 13.9. The molecule has 0 saturated carbocycles. The number of nitrogens with one attached hydrogen (secondary N) is 5. The molecule has 0 spiro atoms. The Morgan fingerprint density at radius 2 is 0.798 bits per heavy atom. The zero-order valence-corrected chi connectivity index (χ0v) is 57.7. The van der Waals surface area contributed by atoms with E-state index in [1.807, 2.05) is 20.8 Å². The fraction of sp³-hybridized carbons (Fsp3) is 0.873. The predicted molar refractivity (Wildman–Crippen MR) is 340 cm³/mol. The summed E-state index contributed by atoms with van der Waals surface area (Å²) >= 11 is 0. The van der Waals surface area contributed by atoms with Crippen LogP contribution in [0.4, 0.5) is 0 Å². The molecular weight excluding hydrogens is 1320 g/mol. The number of hydrogen-bond donors (Lipinski definition) is 15. The largest absolute Gasteiger partial charge is 0.394 e. The molecule has 36 nitrogen and oxygen atoms in total. The number of hydrogen-bond acceptors (Lipinski definition) is 31. The highest BCUT2D eigenvalue weighted by Gasteiger charge is 2.48. The molecule has 5 amide bonds. The number of Topliss-reactive ketones (excluding diaryl/α,β-unsaturated/α-hetero) is 3. The Labute approximate surface area is 576 Å². The quantitative estimate of drug-likeness (QED) is 0.0252. The molecule has 0 radical (unpaired) electrons. The molecule has 3 saturated heterocycles. The molecule has 36 heteroatoms. The lowest BCUT2D eigenvalue weighted by molar-refractivity contribution is -0.272. The van der Waals surface area contributed by atoms with Gasteiger partial charge in [0.2, 0.25) is 29.5 Å². The van der Waals surface area contributed by atoms with Gasteiger partial charge in [-0.25, -0.2) is 0 Å². The lowest BCUT2D eigenvalue weighted by atomic mass is 9.84. The first-order valence-electron chi connectivity index (χ1n) is 33.4. The summed E-state index contributed by atoms with van der Waals surface area (Å²) in [5.41, 5.74) is -1.85. The van der Waals surface area contributed by atoms with Gasteiger partial charge in [-0.05, 0) is 33.6 Å². The minimum Gasteiger partial charge on any atom is -0.394 e. The molecule has 0 aromatic heterocycles. The van der Waals surface area contributed by atoms with Gasteiger partial charge < -0.3 is 139 Å². The summed E-state index contributed by atoms with van der Waals surface area (Å²) < 4.78 is 74.2. The van der Waals surface area contributed by atoms with E-state index >= 15 is 0 Å². The number of aliphatic hydroxyl groups excluding tert-OH is 10. The van der Waals surface area contributed by atoms with Crippen LogP contribution in [0.5, 0.6) is 0 Å². The van der Waals surface area contributed by atoms with Crippen LogP contribution in [0.2, 0.25) is 0 Å². The molecule has 3 rings (SSSR count). The van der Waals surface area contributed by atoms with E-state index < -0.39 is 164 Å². The summed E-state index contributed by atoms with van der Waals surface area (Å²) in [6, 6.07) is -3.42. The third-order valence-electron chi connectivity index (χ3n) is 15.5. The summed E-state index contributed by atoms with van der Waals surface area (Å²) in [7, 11) is 0. The minimum absolute atomic E-state index is 0.0177. The van der Waals surface area contributed by atoms with Gasteiger partial charge in [0.25, 0.3) is 0 Å². The first-order chi connectivity index (χ1) is 47.0. The Hall–Kier alpha value is -4.56. The van der Waals surface area contributed by atoms with Crippen LogP contribution in [0.15, 0.2) is 0 Å². The molecule has 16 atom stereocenters. The topological polar surface area (TPSA) is 519 Å². The lowest BCUT2D eigenvalue weighted by Crippen LogP contribution is -2.64. The highest BCUT2D eigenvalue weighted by atomic mass is 16.7. The number of carbonyl (C=O) groups excluding carboxylic acids is 8. The minimum atomic E-state index is -1.50. The van der Waals surface area contributed by atoms with Crippen molar-refractivity contribution in [1.82, 2.24) is 26.6 Å². The van der Waals surface area contributed by atoms with Crippen LogP contribution in [0, 0.1) is 5.41 Å². The van der Waals surface area contributed by atoms with E-state index in [-0.39, 0.29) is 182 Å². The maximum atomic E-state index is 13.9. The molecule has 3 aliphatic heterocycles. The second kappa shape index (κ2) is 48.4. The molecular formula is C63H111N5O31. The van der Waals surface area contributed by atoms with Gasteiger partial charge in [0, 0.05) is 104 Å². The Bertz CT molecular complexity index is 2160. The van der Waals surface area contributed by atoms with E-state index in [2.05, 4.69) is 26.6 Å². The Morgan fingerprint density at radius 1 is 0.424 bits per heavy atom. The van der Waals surface area contributed by atoms with Gasteiger partial charge in [-0.3, -0.25) is 38.4 Å². The molecule has 3 heterocycles. The molecule has 0 aliphatic carbocycles. The standard InChI is InChI=1S/C63H111N5O31/c1-38(72)66-50-56(84)53(81)45(31-69)97-59(50)93-26-23-87-17-7-9-41(75)13-19-90-35-63(29-43(77)11-12-48(79)65-30-44(78)34-96-62(4,5)6,36-91-20-14-42(76)10-8-18-88-24-27-94-60-51(67-39(2)73)57(85)54(82)46(32-70)98-60)37-92-21-15-49(80)64-16-22-89-25-28-95-61-52(68-40(3)74)58(86)55(83)47(33-71)99-61/h44-47,50-61,69-71,78,81-86H,7-37H2,1-6H3,(H,64,80)(H,65,79)(H,66,72)(H,67,73)(H,68,74)/t44?,45?,46?,47?,50?,51?,52?,53-,54-,55-,56+,57+,58+,59+,60+,61+,63?/m0/s1. The number of amides is 5. The number of ketones is 3. The molecule has 3 aliphatic rings. The predicted octanol–water partition coefficient (Wildman–Crippen LogP) is -6.03. The van der Waals surface area contributed by atoms with Crippen LogP contribution < -0.4 is 26.6 Å². The number of aliphatic hydroxyl groups is 10. The molecule has 3 fully saturated rings. The molecule has 7 unspecified atom stereocenters. The second-order valence-corrected chi connectivity index (χ2v) is 25.4. The van der Waals surface area contributed by atoms with Gasteiger partial charge in [-0.15, -0.1) is 0 Å². The zero-order chi connectivity index (χ0) is 73.5. The van der Waals surface area contributed by atoms with Gasteiger partial charge in [0.05, 0.1) is 124 Å². The van der Waals surface area contributed by atoms with Crippen molar-refractivity contribution in [2.75, 3.05) is 139 Å². The van der Waals surface area contributed by atoms with Crippen LogP contribution in [0.25, 0.3) is 0 Å². The molecule has 0 bridgehead atoms. The lowest BCUT2D eigenvalue weighted by Gasteiger charge is -2.42. The summed E-state index contributed by atoms with van der Waals surface area (Å²) in [6.07, 6.45) is -17.5. The molecule has 0 aromatic rings. The van der Waals surface area contributed by atoms with Gasteiger partial charge >= 0.3 is 0 Å². The average Bonchev–Trinajstić information content (AvgIpc) is 0.824. The number of ether oxygens (including phenoxy) is 13. The Kier molecular flexibility index (Phi) is 43.3. The van der Waals surface area contributed by atoms with Crippen molar-refractivity contribution in [3.05, 3.63) is 0 Å². The van der Waals surface area contributed by atoms with Crippen LogP contribution in [-0.4, -0.2) is 340 Å². The highest BCUT2D eigenvalue weighted by molar-refractivity contribution is 5.85. The highest BCUT2D eigenvalue weighted by Crippen LogP contribution is 2.28. The summed E-state index contributed by atoms with van der Waals surface area (Å²) in [5.74, 6) is -3.32. The normalized spacial score (nSPS) is 26.6. The fourth-order valence-corrected chi connectivity index (χ4v) is 10.3. The monoisotopic (exact) mass is 1430 g/mol. The third kappa shape index (κ3) is 35.5. The number of carbonyl (C=O) groups is 8. The van der Waals surface area contributed by atoms with Gasteiger partial charge in [-0.2, -0.15) is 0 Å². The van der Waals surface area contributed by atoms with E-state index in [1.54, 1.807) is 0 Å². The first-order valence-corrected chi connectivity index (χ1v) is 33.4. The number of rotatable bonds is 53. The Balaban J connectivity index is 1.63. The zero-order valence-electron chi connectivity index (χ0n) is 57.7. The van der Waals surface area contributed by atoms with Crippen LogP contribution in [-0.2, 0) is 99.9 Å². The molecule has 15 N–H and O–H groups in total. The maximum Gasteiger partial charge on any atom is 0.222 e. The van der Waals surface area contributed by atoms with E-state index in [0.717, 1.165) is 0 Å². The van der Waals surface area contributed by atoms with Crippen LogP contribution >= 0.6 is 0 Å².